The molecule has 0 spiro atoms. The van der Waals surface area contributed by atoms with Crippen molar-refractivity contribution in [3.05, 3.63) is 221 Å². The molecule has 7 aromatic rings. The Balaban J connectivity index is 0.836. The van der Waals surface area contributed by atoms with Crippen LogP contribution in [0.1, 0.15) is 90.4 Å². The highest BCUT2D eigenvalue weighted by Crippen LogP contribution is 2.45. The first-order valence-electron chi connectivity index (χ1n) is 26.9. The van der Waals surface area contributed by atoms with E-state index in [1.165, 1.54) is 11.8 Å². The minimum atomic E-state index is -1.27. The monoisotopic (exact) mass is 1040 g/mol. The van der Waals surface area contributed by atoms with Gasteiger partial charge in [-0.2, -0.15) is 0 Å². The van der Waals surface area contributed by atoms with Gasteiger partial charge in [0.05, 0.1) is 18.6 Å². The van der Waals surface area contributed by atoms with Gasteiger partial charge < -0.3 is 40.8 Å². The van der Waals surface area contributed by atoms with Crippen molar-refractivity contribution >= 4 is 35.6 Å². The Morgan fingerprint density at radius 1 is 0.667 bits per heavy atom. The Kier molecular flexibility index (Phi) is 15.9. The van der Waals surface area contributed by atoms with Crippen molar-refractivity contribution in [1.82, 2.24) is 41.0 Å². The number of carbonyl (C=O) groups is 6. The Morgan fingerprint density at radius 2 is 1.22 bits per heavy atom. The quantitative estimate of drug-likeness (QED) is 0.0514. The van der Waals surface area contributed by atoms with Crippen LogP contribution < -0.4 is 26.6 Å². The van der Waals surface area contributed by atoms with Crippen LogP contribution in [-0.4, -0.2) is 93.4 Å². The number of nitrogens with one attached hydrogen (secondary N) is 5. The molecule has 3 aliphatic rings. The van der Waals surface area contributed by atoms with Gasteiger partial charge in [-0.05, 0) is 77.1 Å². The summed E-state index contributed by atoms with van der Waals surface area (Å²) in [7, 11) is 0. The molecule has 15 heteroatoms. The maximum Gasteiger partial charge on any atom is 0.407 e. The van der Waals surface area contributed by atoms with Gasteiger partial charge in [-0.1, -0.05) is 183 Å². The molecule has 2 heterocycles. The van der Waals surface area contributed by atoms with Crippen molar-refractivity contribution in [2.24, 2.45) is 0 Å². The molecule has 398 valence electrons. The van der Waals surface area contributed by atoms with E-state index < -0.39 is 65.5 Å². The van der Waals surface area contributed by atoms with Gasteiger partial charge in [0.25, 0.3) is 0 Å². The number of amides is 6. The summed E-state index contributed by atoms with van der Waals surface area (Å²) < 4.78 is 7.96. The lowest BCUT2D eigenvalue weighted by Crippen LogP contribution is -2.61. The number of benzene rings is 6. The number of likely N-dealkylation sites (tertiary alicyclic amines) is 1. The number of ether oxygens (including phenoxy) is 1. The lowest BCUT2D eigenvalue weighted by atomic mass is 9.77. The van der Waals surface area contributed by atoms with E-state index in [2.05, 4.69) is 63.0 Å². The number of alkyl carbamates (subject to hydrolysis) is 1. The number of carbonyl (C=O) groups excluding carboxylic acids is 6. The van der Waals surface area contributed by atoms with E-state index in [4.69, 9.17) is 9.72 Å². The lowest BCUT2D eigenvalue weighted by molar-refractivity contribution is -0.141. The fraction of sp³-hybridized carbons (Fsp3) is 0.286. The minimum absolute atomic E-state index is 0.00784. The molecule has 1 aromatic heterocycles. The van der Waals surface area contributed by atoms with Crippen molar-refractivity contribution in [2.45, 2.75) is 93.5 Å². The summed E-state index contributed by atoms with van der Waals surface area (Å²) in [5, 5.41) is 14.2. The molecular formula is C63H64N8O7. The normalized spacial score (nSPS) is 16.2. The standard InChI is InChI=1S/C63H64N8O7/c1-43(57(73)64-39-56(72)71-36-20-33-55(71)59(75)69-62(34-18-19-35-62)60(76)65-38-44-21-6-2-7-22-44)67-58(74)54(68-61(77)78-41-53-51-31-16-14-29-49(51)50-30-15-17-32-52(50)53)37-48-40-70(42-66-48)63(45-23-8-3-9-24-45,46-25-10-4-11-26-46)47-27-12-5-13-28-47/h2-17,21-32,40,42-43,53-55H,18-20,33-39,41H2,1H3,(H,64,73)(H,65,76)(H,67,74)(H,68,77)(H,69,75)/t43-,54-,55-/m0/s1. The van der Waals surface area contributed by atoms with Crippen LogP contribution in [0, 0.1) is 0 Å². The summed E-state index contributed by atoms with van der Waals surface area (Å²) in [5.74, 6) is -2.70. The molecule has 2 fully saturated rings. The van der Waals surface area contributed by atoms with Crippen LogP contribution in [0.3, 0.4) is 0 Å². The van der Waals surface area contributed by atoms with Gasteiger partial charge in [-0.25, -0.2) is 9.78 Å². The first-order valence-corrected chi connectivity index (χ1v) is 26.9. The van der Waals surface area contributed by atoms with E-state index in [1.807, 2.05) is 144 Å². The molecule has 6 amide bonds. The minimum Gasteiger partial charge on any atom is -0.449 e. The van der Waals surface area contributed by atoms with E-state index in [0.29, 0.717) is 44.5 Å². The molecule has 15 nitrogen and oxygen atoms in total. The van der Waals surface area contributed by atoms with Gasteiger partial charge in [-0.3, -0.25) is 24.0 Å². The predicted octanol–water partition coefficient (Wildman–Crippen LogP) is 7.53. The molecule has 78 heavy (non-hydrogen) atoms. The first-order chi connectivity index (χ1) is 38.0. The number of fused-ring (bicyclic) bond motifs is 3. The summed E-state index contributed by atoms with van der Waals surface area (Å²) >= 11 is 0. The fourth-order valence-corrected chi connectivity index (χ4v) is 11.6. The number of rotatable bonds is 19. The molecule has 6 aromatic carbocycles. The van der Waals surface area contributed by atoms with Gasteiger partial charge in [0.2, 0.25) is 29.5 Å². The van der Waals surface area contributed by atoms with E-state index >= 15 is 0 Å². The topological polar surface area (TPSA) is 193 Å². The van der Waals surface area contributed by atoms with Crippen molar-refractivity contribution in [3.63, 3.8) is 0 Å². The van der Waals surface area contributed by atoms with Crippen LogP contribution in [-0.2, 0) is 47.2 Å². The molecular weight excluding hydrogens is 981 g/mol. The van der Waals surface area contributed by atoms with Gasteiger partial charge in [-0.15, -0.1) is 0 Å². The van der Waals surface area contributed by atoms with Crippen LogP contribution >= 0.6 is 0 Å². The largest absolute Gasteiger partial charge is 0.449 e. The SMILES string of the molecule is C[C@H](NC(=O)[C@H](Cc1cn(C(c2ccccc2)(c2ccccc2)c2ccccc2)cn1)NC(=O)OCC1c2ccccc2-c2ccccc21)C(=O)NCC(=O)N1CCC[C@H]1C(=O)NC1(C(=O)NCc2ccccc2)CCCC1. The van der Waals surface area contributed by atoms with E-state index in [1.54, 1.807) is 6.33 Å². The molecule has 1 aliphatic heterocycles. The van der Waals surface area contributed by atoms with Crippen LogP contribution in [0.5, 0.6) is 0 Å². The van der Waals surface area contributed by atoms with Crippen molar-refractivity contribution in [3.8, 4) is 11.1 Å². The maximum atomic E-state index is 14.5. The van der Waals surface area contributed by atoms with Crippen LogP contribution in [0.15, 0.2) is 182 Å². The summed E-state index contributed by atoms with van der Waals surface area (Å²) in [6, 6.07) is 52.6. The first kappa shape index (κ1) is 52.6. The Bertz CT molecular complexity index is 3110. The molecule has 5 N–H and O–H groups in total. The van der Waals surface area contributed by atoms with Crippen LogP contribution in [0.25, 0.3) is 11.1 Å². The Hall–Kier alpha value is -8.85. The van der Waals surface area contributed by atoms with Gasteiger partial charge >= 0.3 is 6.09 Å². The Morgan fingerprint density at radius 3 is 1.81 bits per heavy atom. The molecule has 1 saturated heterocycles. The molecule has 0 bridgehead atoms. The summed E-state index contributed by atoms with van der Waals surface area (Å²) in [6.45, 7) is 1.69. The second-order valence-electron chi connectivity index (χ2n) is 20.4. The number of aromatic nitrogens is 2. The van der Waals surface area contributed by atoms with E-state index in [9.17, 15) is 28.8 Å². The third-order valence-corrected chi connectivity index (χ3v) is 15.6. The summed E-state index contributed by atoms with van der Waals surface area (Å²) in [5.41, 5.74) is 6.54. The average Bonchev–Trinajstić information content (AvgIpc) is 4.45. The summed E-state index contributed by atoms with van der Waals surface area (Å²) in [6.07, 6.45) is 6.19. The number of hydrogen-bond acceptors (Lipinski definition) is 8. The highest BCUT2D eigenvalue weighted by atomic mass is 16.5. The number of nitrogens with zero attached hydrogens (tertiary/aromatic N) is 3. The zero-order chi connectivity index (χ0) is 54.1. The third kappa shape index (κ3) is 11.0. The second kappa shape index (κ2) is 23.6. The van der Waals surface area contributed by atoms with Gasteiger partial charge in [0, 0.05) is 31.6 Å². The maximum absolute atomic E-state index is 14.5. The number of hydrogen-bond donors (Lipinski definition) is 5. The lowest BCUT2D eigenvalue weighted by Gasteiger charge is -2.37. The molecule has 1 saturated carbocycles. The van der Waals surface area contributed by atoms with Gasteiger partial charge in [0.1, 0.15) is 35.8 Å². The highest BCUT2D eigenvalue weighted by molar-refractivity contribution is 5.96. The Labute approximate surface area is 454 Å². The summed E-state index contributed by atoms with van der Waals surface area (Å²) in [4.78, 5) is 89.9. The van der Waals surface area contributed by atoms with Gasteiger partial charge in [0.15, 0.2) is 0 Å². The van der Waals surface area contributed by atoms with Crippen LogP contribution in [0.4, 0.5) is 4.79 Å². The zero-order valence-corrected chi connectivity index (χ0v) is 43.6. The molecule has 0 radical (unpaired) electrons. The molecule has 0 unspecified atom stereocenters. The van der Waals surface area contributed by atoms with Crippen molar-refractivity contribution in [2.75, 3.05) is 19.7 Å². The third-order valence-electron chi connectivity index (χ3n) is 15.6. The highest BCUT2D eigenvalue weighted by Gasteiger charge is 2.46. The van der Waals surface area contributed by atoms with Crippen LogP contribution in [0.2, 0.25) is 0 Å². The molecule has 3 atom stereocenters. The zero-order valence-electron chi connectivity index (χ0n) is 43.6. The number of imidazole rings is 1. The smallest absolute Gasteiger partial charge is 0.407 e. The van der Waals surface area contributed by atoms with E-state index in [-0.39, 0.29) is 24.9 Å². The van der Waals surface area contributed by atoms with E-state index in [0.717, 1.165) is 57.3 Å². The average molecular weight is 1050 g/mol. The fourth-order valence-electron chi connectivity index (χ4n) is 11.6. The predicted molar refractivity (Wildman–Crippen MR) is 296 cm³/mol. The molecule has 2 aliphatic carbocycles. The van der Waals surface area contributed by atoms with Crippen molar-refractivity contribution < 1.29 is 33.5 Å². The molecule has 10 rings (SSSR count). The van der Waals surface area contributed by atoms with Crippen molar-refractivity contribution in [1.29, 1.82) is 0 Å². The second-order valence-corrected chi connectivity index (χ2v) is 20.4.